The van der Waals surface area contributed by atoms with Gasteiger partial charge < -0.3 is 15.7 Å². The molecule has 1 atom stereocenters. The van der Waals surface area contributed by atoms with Crippen LogP contribution in [0.4, 0.5) is 0 Å². The van der Waals surface area contributed by atoms with Crippen LogP contribution in [0, 0.1) is 0 Å². The van der Waals surface area contributed by atoms with Crippen LogP contribution < -0.4 is 10.6 Å². The second-order valence-corrected chi connectivity index (χ2v) is 7.27. The molecule has 5 nitrogen and oxygen atoms in total. The summed E-state index contributed by atoms with van der Waals surface area (Å²) in [6.45, 7) is 14.2. The topological polar surface area (TPSA) is 59.9 Å². The third-order valence-electron chi connectivity index (χ3n) is 4.33. The van der Waals surface area contributed by atoms with Gasteiger partial charge in [-0.05, 0) is 46.6 Å². The van der Waals surface area contributed by atoms with Gasteiger partial charge in [-0.15, -0.1) is 0 Å². The zero-order chi connectivity index (χ0) is 19.4. The van der Waals surface area contributed by atoms with Crippen LogP contribution in [0.2, 0.25) is 0 Å². The van der Waals surface area contributed by atoms with E-state index in [2.05, 4.69) is 55.1 Å². The van der Waals surface area contributed by atoms with Crippen LogP contribution in [-0.2, 0) is 6.42 Å². The predicted molar refractivity (Wildman–Crippen MR) is 112 cm³/mol. The third-order valence-corrected chi connectivity index (χ3v) is 4.33. The van der Waals surface area contributed by atoms with Crippen molar-refractivity contribution in [2.24, 2.45) is 4.99 Å². The Hall–Kier alpha value is -1.59. The van der Waals surface area contributed by atoms with Gasteiger partial charge in [0.05, 0.1) is 12.6 Å². The standard InChI is InChI=1S/C21H38N4O/c1-6-22-21(23-13-10-14-25(17(2)3)18(4)5)24-16-20(26)15-19-11-8-7-9-12-19/h7-9,11-12,17-18,20,26H,6,10,13-16H2,1-5H3,(H2,22,23,24). The SMILES string of the molecule is CCNC(=NCC(O)Cc1ccccc1)NCCCN(C(C)C)C(C)C. The lowest BCUT2D eigenvalue weighted by Crippen LogP contribution is -2.41. The van der Waals surface area contributed by atoms with Gasteiger partial charge in [0.1, 0.15) is 0 Å². The highest BCUT2D eigenvalue weighted by Gasteiger charge is 2.12. The van der Waals surface area contributed by atoms with Gasteiger partial charge >= 0.3 is 0 Å². The summed E-state index contributed by atoms with van der Waals surface area (Å²) in [4.78, 5) is 7.02. The number of hydrogen-bond acceptors (Lipinski definition) is 3. The smallest absolute Gasteiger partial charge is 0.191 e. The van der Waals surface area contributed by atoms with Crippen LogP contribution in [-0.4, -0.2) is 60.3 Å². The van der Waals surface area contributed by atoms with E-state index >= 15 is 0 Å². The van der Waals surface area contributed by atoms with E-state index < -0.39 is 6.10 Å². The van der Waals surface area contributed by atoms with E-state index in [0.29, 0.717) is 25.0 Å². The number of nitrogens with one attached hydrogen (secondary N) is 2. The summed E-state index contributed by atoms with van der Waals surface area (Å²) in [5.74, 6) is 0.778. The normalized spacial score (nSPS) is 13.5. The molecule has 0 saturated heterocycles. The molecular weight excluding hydrogens is 324 g/mol. The number of aliphatic hydroxyl groups excluding tert-OH is 1. The van der Waals surface area contributed by atoms with Gasteiger partial charge in [-0.25, -0.2) is 0 Å². The van der Waals surface area contributed by atoms with Crippen molar-refractivity contribution in [3.05, 3.63) is 35.9 Å². The molecule has 0 saturated carbocycles. The van der Waals surface area contributed by atoms with Crippen LogP contribution in [0.3, 0.4) is 0 Å². The van der Waals surface area contributed by atoms with Crippen LogP contribution in [0.15, 0.2) is 35.3 Å². The molecule has 0 aromatic heterocycles. The molecule has 1 aromatic rings. The minimum Gasteiger partial charge on any atom is -0.391 e. The Morgan fingerprint density at radius 3 is 2.31 bits per heavy atom. The Morgan fingerprint density at radius 2 is 1.73 bits per heavy atom. The molecule has 0 heterocycles. The van der Waals surface area contributed by atoms with Gasteiger partial charge in [-0.2, -0.15) is 0 Å². The first-order valence-electron chi connectivity index (χ1n) is 9.94. The molecule has 1 rings (SSSR count). The van der Waals surface area contributed by atoms with Crippen LogP contribution >= 0.6 is 0 Å². The molecule has 0 amide bonds. The lowest BCUT2D eigenvalue weighted by atomic mass is 10.1. The van der Waals surface area contributed by atoms with Gasteiger partial charge in [0.2, 0.25) is 0 Å². The third kappa shape index (κ3) is 9.20. The molecular formula is C21H38N4O. The average Bonchev–Trinajstić information content (AvgIpc) is 2.59. The largest absolute Gasteiger partial charge is 0.391 e. The molecule has 0 aliphatic rings. The van der Waals surface area contributed by atoms with E-state index in [-0.39, 0.29) is 0 Å². The van der Waals surface area contributed by atoms with Crippen molar-refractivity contribution in [2.75, 3.05) is 26.2 Å². The summed E-state index contributed by atoms with van der Waals surface area (Å²) >= 11 is 0. The van der Waals surface area contributed by atoms with Crippen LogP contribution in [0.1, 0.15) is 46.6 Å². The molecule has 0 aliphatic carbocycles. The van der Waals surface area contributed by atoms with E-state index in [1.165, 1.54) is 0 Å². The highest BCUT2D eigenvalue weighted by molar-refractivity contribution is 5.79. The molecule has 0 fully saturated rings. The van der Waals surface area contributed by atoms with Crippen molar-refractivity contribution in [2.45, 2.75) is 65.6 Å². The molecule has 3 N–H and O–H groups in total. The summed E-state index contributed by atoms with van der Waals surface area (Å²) in [6, 6.07) is 11.2. The maximum atomic E-state index is 10.2. The second kappa shape index (κ2) is 12.7. The number of benzene rings is 1. The summed E-state index contributed by atoms with van der Waals surface area (Å²) in [5.41, 5.74) is 1.13. The number of guanidine groups is 1. The number of aliphatic hydroxyl groups is 1. The summed E-state index contributed by atoms with van der Waals surface area (Å²) in [5, 5.41) is 16.8. The molecule has 5 heteroatoms. The predicted octanol–water partition coefficient (Wildman–Crippen LogP) is 2.65. The Bertz CT molecular complexity index is 494. The lowest BCUT2D eigenvalue weighted by molar-refractivity contribution is 0.173. The number of rotatable bonds is 11. The maximum absolute atomic E-state index is 10.2. The van der Waals surface area contributed by atoms with Crippen LogP contribution in [0.5, 0.6) is 0 Å². The summed E-state index contributed by atoms with van der Waals surface area (Å²) < 4.78 is 0. The van der Waals surface area contributed by atoms with Crippen molar-refractivity contribution in [1.29, 1.82) is 0 Å². The average molecular weight is 363 g/mol. The minimum atomic E-state index is -0.467. The van der Waals surface area contributed by atoms with Crippen molar-refractivity contribution in [3.63, 3.8) is 0 Å². The Morgan fingerprint density at radius 1 is 1.08 bits per heavy atom. The second-order valence-electron chi connectivity index (χ2n) is 7.27. The maximum Gasteiger partial charge on any atom is 0.191 e. The monoisotopic (exact) mass is 362 g/mol. The van der Waals surface area contributed by atoms with Crippen molar-refractivity contribution in [3.8, 4) is 0 Å². The van der Waals surface area contributed by atoms with E-state index in [1.807, 2.05) is 30.3 Å². The Kier molecular flexibility index (Phi) is 11.0. The molecule has 1 aromatic carbocycles. The first-order valence-corrected chi connectivity index (χ1v) is 9.94. The molecule has 26 heavy (non-hydrogen) atoms. The first-order chi connectivity index (χ1) is 12.4. The first kappa shape index (κ1) is 22.5. The zero-order valence-corrected chi connectivity index (χ0v) is 17.2. The van der Waals surface area contributed by atoms with Gasteiger partial charge in [-0.3, -0.25) is 9.89 Å². The molecule has 0 bridgehead atoms. The van der Waals surface area contributed by atoms with Crippen molar-refractivity contribution in [1.82, 2.24) is 15.5 Å². The van der Waals surface area contributed by atoms with E-state index in [4.69, 9.17) is 0 Å². The number of hydrogen-bond donors (Lipinski definition) is 3. The highest BCUT2D eigenvalue weighted by Crippen LogP contribution is 2.05. The van der Waals surface area contributed by atoms with E-state index in [0.717, 1.165) is 37.6 Å². The molecule has 0 spiro atoms. The quantitative estimate of drug-likeness (QED) is 0.322. The van der Waals surface area contributed by atoms with Crippen molar-refractivity contribution < 1.29 is 5.11 Å². The fourth-order valence-corrected chi connectivity index (χ4v) is 3.07. The fourth-order valence-electron chi connectivity index (χ4n) is 3.07. The summed E-state index contributed by atoms with van der Waals surface area (Å²) in [6.07, 6.45) is 1.22. The van der Waals surface area contributed by atoms with Gasteiger partial charge in [-0.1, -0.05) is 30.3 Å². The highest BCUT2D eigenvalue weighted by atomic mass is 16.3. The zero-order valence-electron chi connectivity index (χ0n) is 17.2. The van der Waals surface area contributed by atoms with E-state index in [9.17, 15) is 5.11 Å². The van der Waals surface area contributed by atoms with Crippen LogP contribution in [0.25, 0.3) is 0 Å². The Labute approximate surface area is 159 Å². The minimum absolute atomic E-state index is 0.397. The van der Waals surface area contributed by atoms with Gasteiger partial charge in [0.25, 0.3) is 0 Å². The Balaban J connectivity index is 2.40. The molecule has 0 aliphatic heterocycles. The number of nitrogens with zero attached hydrogens (tertiary/aromatic N) is 2. The molecule has 1 unspecified atom stereocenters. The van der Waals surface area contributed by atoms with Gasteiger partial charge in [0, 0.05) is 38.1 Å². The fraction of sp³-hybridized carbons (Fsp3) is 0.667. The molecule has 148 valence electrons. The summed E-state index contributed by atoms with van der Waals surface area (Å²) in [7, 11) is 0. The van der Waals surface area contributed by atoms with Crippen molar-refractivity contribution >= 4 is 5.96 Å². The van der Waals surface area contributed by atoms with Gasteiger partial charge in [0.15, 0.2) is 5.96 Å². The molecule has 0 radical (unpaired) electrons. The lowest BCUT2D eigenvalue weighted by Gasteiger charge is -2.30. The van der Waals surface area contributed by atoms with E-state index in [1.54, 1.807) is 0 Å². The number of aliphatic imine (C=N–C) groups is 1.